The maximum absolute atomic E-state index is 13.6. The number of amides is 1. The number of anilines is 1. The van der Waals surface area contributed by atoms with Crippen LogP contribution in [0.25, 0.3) is 6.08 Å². The smallest absolute Gasteiger partial charge is 0.266 e. The SMILES string of the molecule is Cc1ccccc1NC(=O)/C(C#N)=C/c1ccc(F)cc1F. The lowest BCUT2D eigenvalue weighted by molar-refractivity contribution is -0.112. The summed E-state index contributed by atoms with van der Waals surface area (Å²) in [4.78, 5) is 12.1. The van der Waals surface area contributed by atoms with Gasteiger partial charge >= 0.3 is 0 Å². The van der Waals surface area contributed by atoms with Crippen molar-refractivity contribution in [2.24, 2.45) is 0 Å². The molecular weight excluding hydrogens is 286 g/mol. The normalized spacial score (nSPS) is 10.9. The highest BCUT2D eigenvalue weighted by molar-refractivity contribution is 6.09. The predicted octanol–water partition coefficient (Wildman–Crippen LogP) is 3.82. The number of rotatable bonds is 3. The highest BCUT2D eigenvalue weighted by atomic mass is 19.1. The molecule has 110 valence electrons. The summed E-state index contributed by atoms with van der Waals surface area (Å²) in [6.45, 7) is 1.81. The highest BCUT2D eigenvalue weighted by Crippen LogP contribution is 2.17. The Morgan fingerprint density at radius 2 is 1.95 bits per heavy atom. The molecule has 0 heterocycles. The first-order valence-corrected chi connectivity index (χ1v) is 6.45. The van der Waals surface area contributed by atoms with Crippen molar-refractivity contribution in [3.05, 3.63) is 70.8 Å². The third kappa shape index (κ3) is 3.55. The van der Waals surface area contributed by atoms with Crippen LogP contribution in [0, 0.1) is 29.9 Å². The predicted molar refractivity (Wildman–Crippen MR) is 79.8 cm³/mol. The molecule has 0 fully saturated rings. The van der Waals surface area contributed by atoms with Gasteiger partial charge in [0, 0.05) is 17.3 Å². The zero-order valence-electron chi connectivity index (χ0n) is 11.7. The molecule has 0 saturated carbocycles. The van der Waals surface area contributed by atoms with Crippen LogP contribution in [0.3, 0.4) is 0 Å². The molecule has 2 aromatic carbocycles. The summed E-state index contributed by atoms with van der Waals surface area (Å²) in [5.74, 6) is -2.21. The average molecular weight is 298 g/mol. The number of para-hydroxylation sites is 1. The zero-order chi connectivity index (χ0) is 16.1. The standard InChI is InChI=1S/C17H12F2N2O/c1-11-4-2-3-5-16(11)21-17(22)13(10-20)8-12-6-7-14(18)9-15(12)19/h2-9H,1H3,(H,21,22)/b13-8+. The maximum atomic E-state index is 13.6. The molecule has 0 saturated heterocycles. The van der Waals surface area contributed by atoms with Crippen LogP contribution in [-0.4, -0.2) is 5.91 Å². The molecule has 3 nitrogen and oxygen atoms in total. The zero-order valence-corrected chi connectivity index (χ0v) is 11.7. The molecule has 0 bridgehead atoms. The van der Waals surface area contributed by atoms with Crippen molar-refractivity contribution >= 4 is 17.7 Å². The molecule has 0 radical (unpaired) electrons. The van der Waals surface area contributed by atoms with Gasteiger partial charge in [0.1, 0.15) is 23.3 Å². The number of nitrogens with zero attached hydrogens (tertiary/aromatic N) is 1. The van der Waals surface area contributed by atoms with Crippen molar-refractivity contribution in [3.8, 4) is 6.07 Å². The highest BCUT2D eigenvalue weighted by Gasteiger charge is 2.12. The first-order valence-electron chi connectivity index (χ1n) is 6.45. The van der Waals surface area contributed by atoms with Crippen molar-refractivity contribution in [1.82, 2.24) is 0 Å². The van der Waals surface area contributed by atoms with Crippen molar-refractivity contribution in [3.63, 3.8) is 0 Å². The van der Waals surface area contributed by atoms with Gasteiger partial charge in [0.05, 0.1) is 0 Å². The molecule has 2 rings (SSSR count). The van der Waals surface area contributed by atoms with Crippen LogP contribution < -0.4 is 5.32 Å². The summed E-state index contributed by atoms with van der Waals surface area (Å²) in [7, 11) is 0. The molecule has 0 spiro atoms. The van der Waals surface area contributed by atoms with Gasteiger partial charge in [-0.1, -0.05) is 18.2 Å². The lowest BCUT2D eigenvalue weighted by Crippen LogP contribution is -2.14. The molecule has 0 aliphatic rings. The Hall–Kier alpha value is -3.00. The van der Waals surface area contributed by atoms with Gasteiger partial charge in [-0.2, -0.15) is 5.26 Å². The summed E-state index contributed by atoms with van der Waals surface area (Å²) in [6, 6.07) is 11.7. The van der Waals surface area contributed by atoms with Crippen LogP contribution >= 0.6 is 0 Å². The van der Waals surface area contributed by atoms with Gasteiger partial charge in [-0.15, -0.1) is 0 Å². The molecule has 0 atom stereocenters. The van der Waals surface area contributed by atoms with E-state index in [1.807, 2.05) is 19.1 Å². The number of hydrogen-bond donors (Lipinski definition) is 1. The van der Waals surface area contributed by atoms with E-state index in [2.05, 4.69) is 5.32 Å². The van der Waals surface area contributed by atoms with Crippen LogP contribution in [-0.2, 0) is 4.79 Å². The van der Waals surface area contributed by atoms with E-state index in [9.17, 15) is 13.6 Å². The van der Waals surface area contributed by atoms with E-state index in [4.69, 9.17) is 5.26 Å². The van der Waals surface area contributed by atoms with Crippen molar-refractivity contribution in [2.45, 2.75) is 6.92 Å². The Labute approximate surface area is 126 Å². The minimum absolute atomic E-state index is 0.0297. The summed E-state index contributed by atoms with van der Waals surface area (Å²) in [5, 5.41) is 11.7. The van der Waals surface area contributed by atoms with Gasteiger partial charge in [-0.05, 0) is 36.8 Å². The van der Waals surface area contributed by atoms with Gasteiger partial charge in [-0.25, -0.2) is 8.78 Å². The number of carbonyl (C=O) groups excluding carboxylic acids is 1. The van der Waals surface area contributed by atoms with Gasteiger partial charge in [0.2, 0.25) is 0 Å². The third-order valence-corrected chi connectivity index (χ3v) is 3.02. The Morgan fingerprint density at radius 1 is 1.23 bits per heavy atom. The van der Waals surface area contributed by atoms with Crippen LogP contribution in [0.15, 0.2) is 48.0 Å². The van der Waals surface area contributed by atoms with E-state index < -0.39 is 17.5 Å². The van der Waals surface area contributed by atoms with Crippen LogP contribution in [0.2, 0.25) is 0 Å². The molecule has 0 aliphatic heterocycles. The van der Waals surface area contributed by atoms with Crippen molar-refractivity contribution in [2.75, 3.05) is 5.32 Å². The van der Waals surface area contributed by atoms with Crippen LogP contribution in [0.5, 0.6) is 0 Å². The Balaban J connectivity index is 2.28. The molecular formula is C17H12F2N2O. The lowest BCUT2D eigenvalue weighted by atomic mass is 10.1. The minimum atomic E-state index is -0.837. The van der Waals surface area contributed by atoms with Crippen LogP contribution in [0.4, 0.5) is 14.5 Å². The fourth-order valence-corrected chi connectivity index (χ4v) is 1.83. The Bertz CT molecular complexity index is 791. The lowest BCUT2D eigenvalue weighted by Gasteiger charge is -2.07. The second-order valence-electron chi connectivity index (χ2n) is 4.60. The monoisotopic (exact) mass is 298 g/mol. The first kappa shape index (κ1) is 15.4. The van der Waals surface area contributed by atoms with E-state index in [1.165, 1.54) is 6.07 Å². The van der Waals surface area contributed by atoms with Gasteiger partial charge in [-0.3, -0.25) is 4.79 Å². The number of aryl methyl sites for hydroxylation is 1. The average Bonchev–Trinajstić information content (AvgIpc) is 2.49. The van der Waals surface area contributed by atoms with E-state index in [1.54, 1.807) is 18.2 Å². The second-order valence-corrected chi connectivity index (χ2v) is 4.60. The van der Waals surface area contributed by atoms with E-state index in [0.29, 0.717) is 11.8 Å². The van der Waals surface area contributed by atoms with E-state index in [0.717, 1.165) is 17.7 Å². The molecule has 1 amide bonds. The topological polar surface area (TPSA) is 52.9 Å². The number of nitrogens with one attached hydrogen (secondary N) is 1. The van der Waals surface area contributed by atoms with E-state index in [-0.39, 0.29) is 11.1 Å². The summed E-state index contributed by atoms with van der Waals surface area (Å²) < 4.78 is 26.4. The second kappa shape index (κ2) is 6.64. The van der Waals surface area contributed by atoms with Crippen LogP contribution in [0.1, 0.15) is 11.1 Å². The molecule has 5 heteroatoms. The van der Waals surface area contributed by atoms with Crippen molar-refractivity contribution < 1.29 is 13.6 Å². The molecule has 0 unspecified atom stereocenters. The fourth-order valence-electron chi connectivity index (χ4n) is 1.83. The van der Waals surface area contributed by atoms with Crippen molar-refractivity contribution in [1.29, 1.82) is 5.26 Å². The van der Waals surface area contributed by atoms with Gasteiger partial charge in [0.15, 0.2) is 0 Å². The molecule has 0 aliphatic carbocycles. The van der Waals surface area contributed by atoms with Gasteiger partial charge in [0.25, 0.3) is 5.91 Å². The molecule has 22 heavy (non-hydrogen) atoms. The quantitative estimate of drug-likeness (QED) is 0.692. The number of nitriles is 1. The summed E-state index contributed by atoms with van der Waals surface area (Å²) >= 11 is 0. The third-order valence-electron chi connectivity index (χ3n) is 3.02. The molecule has 0 aromatic heterocycles. The number of benzene rings is 2. The molecule has 2 aromatic rings. The Morgan fingerprint density at radius 3 is 2.59 bits per heavy atom. The summed E-state index contributed by atoms with van der Waals surface area (Å²) in [6.07, 6.45) is 1.09. The number of halogens is 2. The maximum Gasteiger partial charge on any atom is 0.266 e. The fraction of sp³-hybridized carbons (Fsp3) is 0.0588. The van der Waals surface area contributed by atoms with E-state index >= 15 is 0 Å². The largest absolute Gasteiger partial charge is 0.321 e. The summed E-state index contributed by atoms with van der Waals surface area (Å²) in [5.41, 5.74) is 1.10. The Kier molecular flexibility index (Phi) is 4.64. The molecule has 1 N–H and O–H groups in total. The number of hydrogen-bond acceptors (Lipinski definition) is 2. The first-order chi connectivity index (χ1) is 10.5. The minimum Gasteiger partial charge on any atom is -0.321 e. The number of carbonyl (C=O) groups is 1. The van der Waals surface area contributed by atoms with Gasteiger partial charge < -0.3 is 5.32 Å².